The predicted molar refractivity (Wildman–Crippen MR) is 193 cm³/mol. The zero-order valence-electron chi connectivity index (χ0n) is 24.3. The van der Waals surface area contributed by atoms with Gasteiger partial charge in [-0.25, -0.2) is 0 Å². The molecular formula is C42H26N2S. The minimum atomic E-state index is 1.17. The third-order valence-corrected chi connectivity index (χ3v) is 10.5. The van der Waals surface area contributed by atoms with Crippen LogP contribution in [0.4, 0.5) is 0 Å². The van der Waals surface area contributed by atoms with E-state index in [1.54, 1.807) is 0 Å². The number of hydrogen-bond donors (Lipinski definition) is 0. The molecule has 0 N–H and O–H groups in total. The molecule has 0 saturated heterocycles. The molecule has 3 heteroatoms. The van der Waals surface area contributed by atoms with Gasteiger partial charge in [-0.3, -0.25) is 0 Å². The Labute approximate surface area is 263 Å². The Morgan fingerprint density at radius 1 is 0.333 bits per heavy atom. The molecule has 0 aliphatic carbocycles. The third kappa shape index (κ3) is 3.56. The van der Waals surface area contributed by atoms with Crippen LogP contribution in [-0.4, -0.2) is 9.13 Å². The number of para-hydroxylation sites is 2. The summed E-state index contributed by atoms with van der Waals surface area (Å²) in [5.74, 6) is 0. The van der Waals surface area contributed by atoms with Crippen LogP contribution in [0.5, 0.6) is 0 Å². The molecule has 0 radical (unpaired) electrons. The van der Waals surface area contributed by atoms with E-state index >= 15 is 0 Å². The summed E-state index contributed by atoms with van der Waals surface area (Å²) in [5.41, 5.74) is 9.70. The highest BCUT2D eigenvalue weighted by molar-refractivity contribution is 7.25. The van der Waals surface area contributed by atoms with Gasteiger partial charge in [-0.15, -0.1) is 11.3 Å². The fourth-order valence-corrected chi connectivity index (χ4v) is 8.45. The number of fused-ring (bicyclic) bond motifs is 10. The Bertz CT molecular complexity index is 2740. The van der Waals surface area contributed by atoms with Crippen molar-refractivity contribution >= 4 is 75.1 Å². The highest BCUT2D eigenvalue weighted by Crippen LogP contribution is 2.43. The first-order valence-corrected chi connectivity index (χ1v) is 16.2. The van der Waals surface area contributed by atoms with Crippen molar-refractivity contribution in [1.29, 1.82) is 0 Å². The molecule has 0 saturated carbocycles. The van der Waals surface area contributed by atoms with E-state index in [9.17, 15) is 0 Å². The largest absolute Gasteiger partial charge is 0.309 e. The Kier molecular flexibility index (Phi) is 5.19. The highest BCUT2D eigenvalue weighted by Gasteiger charge is 2.20. The van der Waals surface area contributed by atoms with E-state index in [1.807, 2.05) is 11.3 Å². The maximum atomic E-state index is 2.46. The van der Waals surface area contributed by atoms with Crippen LogP contribution in [0.2, 0.25) is 0 Å². The van der Waals surface area contributed by atoms with Gasteiger partial charge in [0, 0.05) is 53.1 Å². The van der Waals surface area contributed by atoms with Crippen molar-refractivity contribution in [3.63, 3.8) is 0 Å². The Balaban J connectivity index is 1.26. The van der Waals surface area contributed by atoms with Crippen molar-refractivity contribution in [3.8, 4) is 22.5 Å². The van der Waals surface area contributed by atoms with Gasteiger partial charge in [-0.2, -0.15) is 0 Å². The van der Waals surface area contributed by atoms with Gasteiger partial charge < -0.3 is 9.13 Å². The van der Waals surface area contributed by atoms with Crippen LogP contribution in [0, 0.1) is 0 Å². The lowest BCUT2D eigenvalue weighted by molar-refractivity contribution is 1.17. The molecule has 10 aromatic rings. The second kappa shape index (κ2) is 9.43. The summed E-state index contributed by atoms with van der Waals surface area (Å²) >= 11 is 1.87. The maximum absolute atomic E-state index is 2.46. The van der Waals surface area contributed by atoms with Gasteiger partial charge in [0.25, 0.3) is 0 Å². The van der Waals surface area contributed by atoms with Crippen LogP contribution in [0.3, 0.4) is 0 Å². The average molecular weight is 591 g/mol. The lowest BCUT2D eigenvalue weighted by Crippen LogP contribution is -1.95. The van der Waals surface area contributed by atoms with Crippen LogP contribution in [0.15, 0.2) is 158 Å². The molecule has 45 heavy (non-hydrogen) atoms. The lowest BCUT2D eigenvalue weighted by Gasteiger charge is -2.10. The van der Waals surface area contributed by atoms with Crippen molar-refractivity contribution in [2.75, 3.05) is 0 Å². The first kappa shape index (κ1) is 24.8. The van der Waals surface area contributed by atoms with Gasteiger partial charge in [0.2, 0.25) is 0 Å². The quantitative estimate of drug-likeness (QED) is 0.194. The summed E-state index contributed by atoms with van der Waals surface area (Å²) in [7, 11) is 0. The summed E-state index contributed by atoms with van der Waals surface area (Å²) in [4.78, 5) is 0. The summed E-state index contributed by atoms with van der Waals surface area (Å²) < 4.78 is 7.54. The van der Waals surface area contributed by atoms with E-state index in [1.165, 1.54) is 86.3 Å². The smallest absolute Gasteiger partial charge is 0.0548 e. The van der Waals surface area contributed by atoms with Crippen LogP contribution in [0.25, 0.3) is 86.3 Å². The number of aromatic nitrogens is 2. The molecule has 0 amide bonds. The molecular weight excluding hydrogens is 565 g/mol. The van der Waals surface area contributed by atoms with Gasteiger partial charge in [0.05, 0.1) is 22.1 Å². The van der Waals surface area contributed by atoms with Crippen molar-refractivity contribution in [2.24, 2.45) is 0 Å². The summed E-state index contributed by atoms with van der Waals surface area (Å²) in [6.45, 7) is 0. The van der Waals surface area contributed by atoms with Crippen molar-refractivity contribution in [3.05, 3.63) is 158 Å². The Morgan fingerprint density at radius 3 is 1.53 bits per heavy atom. The van der Waals surface area contributed by atoms with Crippen molar-refractivity contribution < 1.29 is 0 Å². The van der Waals surface area contributed by atoms with Crippen LogP contribution in [-0.2, 0) is 0 Å². The second-order valence-corrected chi connectivity index (χ2v) is 12.8. The fourth-order valence-electron chi connectivity index (χ4n) is 7.36. The Hall–Kier alpha value is -5.64. The minimum absolute atomic E-state index is 1.17. The topological polar surface area (TPSA) is 9.86 Å². The molecule has 0 unspecified atom stereocenters. The molecule has 7 aromatic carbocycles. The molecule has 3 heterocycles. The summed E-state index contributed by atoms with van der Waals surface area (Å²) in [6.07, 6.45) is 0. The van der Waals surface area contributed by atoms with E-state index in [2.05, 4.69) is 167 Å². The van der Waals surface area contributed by atoms with Crippen LogP contribution >= 0.6 is 11.3 Å². The summed E-state index contributed by atoms with van der Waals surface area (Å²) in [6, 6.07) is 57.6. The second-order valence-electron chi connectivity index (χ2n) is 11.8. The van der Waals surface area contributed by atoms with E-state index in [4.69, 9.17) is 0 Å². The molecule has 2 nitrogen and oxygen atoms in total. The van der Waals surface area contributed by atoms with Crippen LogP contribution < -0.4 is 0 Å². The molecule has 0 atom stereocenters. The molecule has 0 aliphatic rings. The van der Waals surface area contributed by atoms with Gasteiger partial charge >= 0.3 is 0 Å². The predicted octanol–water partition coefficient (Wildman–Crippen LogP) is 11.9. The summed E-state index contributed by atoms with van der Waals surface area (Å²) in [5, 5.41) is 7.78. The van der Waals surface area contributed by atoms with E-state index < -0.39 is 0 Å². The number of nitrogens with zero attached hydrogens (tertiary/aromatic N) is 2. The zero-order valence-corrected chi connectivity index (χ0v) is 25.1. The SMILES string of the molecule is c1ccc(-c2ccc(-n3c4ccccc4c4c5c6ccccc6n(-c6ccc7sc8ccccc8c7c6)c5ccc43)cc2)cc1. The first-order chi connectivity index (χ1) is 22.3. The van der Waals surface area contributed by atoms with Gasteiger partial charge in [-0.05, 0) is 71.8 Å². The molecule has 0 aliphatic heterocycles. The van der Waals surface area contributed by atoms with E-state index in [0.29, 0.717) is 0 Å². The Morgan fingerprint density at radius 2 is 0.844 bits per heavy atom. The highest BCUT2D eigenvalue weighted by atomic mass is 32.1. The van der Waals surface area contributed by atoms with E-state index in [-0.39, 0.29) is 0 Å². The molecule has 0 fully saturated rings. The lowest BCUT2D eigenvalue weighted by atomic mass is 10.1. The molecule has 210 valence electrons. The van der Waals surface area contributed by atoms with E-state index in [0.717, 1.165) is 0 Å². The molecule has 0 spiro atoms. The molecule has 3 aromatic heterocycles. The third-order valence-electron chi connectivity index (χ3n) is 9.32. The fraction of sp³-hybridized carbons (Fsp3) is 0. The minimum Gasteiger partial charge on any atom is -0.309 e. The normalized spacial score (nSPS) is 12.0. The van der Waals surface area contributed by atoms with Crippen molar-refractivity contribution in [2.45, 2.75) is 0 Å². The van der Waals surface area contributed by atoms with Gasteiger partial charge in [0.1, 0.15) is 0 Å². The number of rotatable bonds is 3. The maximum Gasteiger partial charge on any atom is 0.0548 e. The number of benzene rings is 7. The molecule has 0 bridgehead atoms. The monoisotopic (exact) mass is 590 g/mol. The molecule has 10 rings (SSSR count). The standard InChI is InChI=1S/C42H26N2S/c1-2-10-27(11-3-1)28-18-20-29(21-19-28)43-35-15-7-4-13-32(35)41-37(43)23-24-38-42(41)33-14-5-8-16-36(33)44(38)30-22-25-40-34(26-30)31-12-6-9-17-39(31)45-40/h1-26H. The van der Waals surface area contributed by atoms with Crippen LogP contribution in [0.1, 0.15) is 0 Å². The number of thiophene rings is 1. The van der Waals surface area contributed by atoms with Gasteiger partial charge in [0.15, 0.2) is 0 Å². The average Bonchev–Trinajstić information content (AvgIpc) is 3.76. The van der Waals surface area contributed by atoms with Crippen molar-refractivity contribution in [1.82, 2.24) is 9.13 Å². The van der Waals surface area contributed by atoms with Gasteiger partial charge in [-0.1, -0.05) is 97.1 Å². The zero-order chi connectivity index (χ0) is 29.5. The first-order valence-electron chi connectivity index (χ1n) is 15.4. The number of hydrogen-bond acceptors (Lipinski definition) is 1.